The largest absolute Gasteiger partial charge is 0.462 e. The summed E-state index contributed by atoms with van der Waals surface area (Å²) in [5.41, 5.74) is 0. The van der Waals surface area contributed by atoms with Gasteiger partial charge in [-0.2, -0.15) is 0 Å². The van der Waals surface area contributed by atoms with Crippen LogP contribution in [0.2, 0.25) is 0 Å². The molecule has 0 radical (unpaired) electrons. The van der Waals surface area contributed by atoms with E-state index in [9.17, 15) is 14.7 Å². The third kappa shape index (κ3) is 47.0. The zero-order chi connectivity index (χ0) is 43.5. The number of hydrogen-bond donors (Lipinski definition) is 1. The summed E-state index contributed by atoms with van der Waals surface area (Å²) in [7, 11) is 0. The normalized spacial score (nSPS) is 13.3. The van der Waals surface area contributed by atoms with Crippen LogP contribution >= 0.6 is 0 Å². The molecule has 5 nitrogen and oxygen atoms in total. The van der Waals surface area contributed by atoms with Gasteiger partial charge in [-0.15, -0.1) is 0 Å². The number of unbranched alkanes of at least 4 members (excludes halogenated alkanes) is 14. The average Bonchev–Trinajstić information content (AvgIpc) is 3.25. The van der Waals surface area contributed by atoms with Gasteiger partial charge >= 0.3 is 11.9 Å². The summed E-state index contributed by atoms with van der Waals surface area (Å²) in [5.74, 6) is -0.615. The predicted molar refractivity (Wildman–Crippen MR) is 260 cm³/mol. The highest BCUT2D eigenvalue weighted by Crippen LogP contribution is 2.13. The second-order valence-corrected chi connectivity index (χ2v) is 15.5. The van der Waals surface area contributed by atoms with Crippen LogP contribution in [0.3, 0.4) is 0 Å². The number of rotatable bonds is 42. The Morgan fingerprint density at radius 2 is 0.717 bits per heavy atom. The fourth-order valence-corrected chi connectivity index (χ4v) is 6.17. The van der Waals surface area contributed by atoms with Crippen LogP contribution in [0, 0.1) is 0 Å². The molecular formula is C55H88O5. The maximum atomic E-state index is 12.2. The third-order valence-electron chi connectivity index (χ3n) is 9.77. The standard InChI is InChI=1S/C55H88O5/c1-3-5-7-9-11-12-13-14-15-16-17-18-19-20-21-22-23-24-25-26-27-28-29-30-31-32-33-34-35-36-37-38-39-40-41-42-44-46-48-50-55(58)60-53(51-56)52-59-54(57)49-47-45-43-10-8-6-4-2/h5,7,11-12,14-15,17-18,20-21,23-24,26-27,29-30,32-33,35-36,53,56H,3-4,6,8-10,13,16,19,22,25,28,31,34,37-52H2,1-2H3/b7-5-,12-11-,15-14-,18-17-,21-20-,24-23-,27-26-,30-29-,33-32-,36-35-. The van der Waals surface area contributed by atoms with Crippen molar-refractivity contribution in [3.63, 3.8) is 0 Å². The predicted octanol–water partition coefficient (Wildman–Crippen LogP) is 16.0. The molecule has 0 aromatic rings. The van der Waals surface area contributed by atoms with Crippen LogP contribution in [0.25, 0.3) is 0 Å². The first-order valence-electron chi connectivity index (χ1n) is 24.1. The number of esters is 2. The summed E-state index contributed by atoms with van der Waals surface area (Å²) in [6, 6.07) is 0. The SMILES string of the molecule is CC/C=C\C/C=C\C/C=C\C/C=C\C/C=C\C/C=C\C/C=C\C/C=C\C/C=C\C/C=C\CCCCCCCCCCC(=O)OC(CO)COC(=O)CCCCCCCCC. The number of aliphatic hydroxyl groups excluding tert-OH is 1. The summed E-state index contributed by atoms with van der Waals surface area (Å²) >= 11 is 0. The van der Waals surface area contributed by atoms with Crippen molar-refractivity contribution < 1.29 is 24.2 Å². The van der Waals surface area contributed by atoms with Crippen LogP contribution in [0.15, 0.2) is 122 Å². The average molecular weight is 829 g/mol. The lowest BCUT2D eigenvalue weighted by molar-refractivity contribution is -0.161. The van der Waals surface area contributed by atoms with E-state index in [-0.39, 0.29) is 25.2 Å². The van der Waals surface area contributed by atoms with E-state index >= 15 is 0 Å². The Kier molecular flexibility index (Phi) is 46.6. The van der Waals surface area contributed by atoms with Gasteiger partial charge in [0.25, 0.3) is 0 Å². The number of aliphatic hydroxyl groups is 1. The van der Waals surface area contributed by atoms with Crippen molar-refractivity contribution in [3.05, 3.63) is 122 Å². The van der Waals surface area contributed by atoms with Gasteiger partial charge in [-0.25, -0.2) is 0 Å². The first-order chi connectivity index (χ1) is 29.6. The van der Waals surface area contributed by atoms with Crippen molar-refractivity contribution >= 4 is 11.9 Å². The van der Waals surface area contributed by atoms with Gasteiger partial charge < -0.3 is 14.6 Å². The Hall–Kier alpha value is -3.70. The lowest BCUT2D eigenvalue weighted by atomic mass is 10.1. The summed E-state index contributed by atoms with van der Waals surface area (Å²) in [4.78, 5) is 24.1. The Bertz CT molecular complexity index is 1260. The van der Waals surface area contributed by atoms with Gasteiger partial charge in [-0.3, -0.25) is 9.59 Å². The molecule has 0 saturated heterocycles. The Morgan fingerprint density at radius 3 is 1.08 bits per heavy atom. The molecule has 0 saturated carbocycles. The van der Waals surface area contributed by atoms with E-state index in [2.05, 4.69) is 135 Å². The molecule has 0 aliphatic rings. The smallest absolute Gasteiger partial charge is 0.306 e. The molecule has 5 heteroatoms. The summed E-state index contributed by atoms with van der Waals surface area (Å²) in [5, 5.41) is 9.53. The van der Waals surface area contributed by atoms with Gasteiger partial charge in [0, 0.05) is 12.8 Å². The first kappa shape index (κ1) is 56.3. The van der Waals surface area contributed by atoms with E-state index < -0.39 is 6.10 Å². The number of carbonyl (C=O) groups excluding carboxylic acids is 2. The quantitative estimate of drug-likeness (QED) is 0.0377. The van der Waals surface area contributed by atoms with E-state index in [4.69, 9.17) is 9.47 Å². The van der Waals surface area contributed by atoms with Crippen molar-refractivity contribution in [2.75, 3.05) is 13.2 Å². The van der Waals surface area contributed by atoms with Crippen LogP contribution < -0.4 is 0 Å². The number of carbonyl (C=O) groups is 2. The number of hydrogen-bond acceptors (Lipinski definition) is 5. The van der Waals surface area contributed by atoms with Gasteiger partial charge in [0.05, 0.1) is 6.61 Å². The number of allylic oxidation sites excluding steroid dienone is 20. The van der Waals surface area contributed by atoms with Gasteiger partial charge in [-0.05, 0) is 89.9 Å². The molecule has 0 fully saturated rings. The molecule has 60 heavy (non-hydrogen) atoms. The van der Waals surface area contributed by atoms with E-state index in [1.807, 2.05) is 0 Å². The minimum absolute atomic E-state index is 0.0744. The van der Waals surface area contributed by atoms with Gasteiger partial charge in [0.1, 0.15) is 6.61 Å². The molecule has 0 heterocycles. The lowest BCUT2D eigenvalue weighted by Crippen LogP contribution is -2.28. The minimum Gasteiger partial charge on any atom is -0.462 e. The van der Waals surface area contributed by atoms with Gasteiger partial charge in [0.15, 0.2) is 6.10 Å². The molecule has 0 aromatic heterocycles. The molecule has 0 rings (SSSR count). The molecule has 0 aliphatic carbocycles. The van der Waals surface area contributed by atoms with Crippen LogP contribution in [0.1, 0.15) is 194 Å². The summed E-state index contributed by atoms with van der Waals surface area (Å²) in [6.07, 6.45) is 73.1. The molecular weight excluding hydrogens is 741 g/mol. The second-order valence-electron chi connectivity index (χ2n) is 15.5. The zero-order valence-corrected chi connectivity index (χ0v) is 38.4. The molecule has 0 amide bonds. The molecule has 0 aliphatic heterocycles. The summed E-state index contributed by atoms with van der Waals surface area (Å²) < 4.78 is 10.5. The fourth-order valence-electron chi connectivity index (χ4n) is 6.17. The minimum atomic E-state index is -0.779. The summed E-state index contributed by atoms with van der Waals surface area (Å²) in [6.45, 7) is 3.95. The maximum absolute atomic E-state index is 12.2. The van der Waals surface area contributed by atoms with Crippen LogP contribution in [-0.2, 0) is 19.1 Å². The van der Waals surface area contributed by atoms with E-state index in [1.165, 1.54) is 57.8 Å². The first-order valence-corrected chi connectivity index (χ1v) is 24.1. The monoisotopic (exact) mass is 829 g/mol. The molecule has 0 spiro atoms. The molecule has 1 unspecified atom stereocenters. The Balaban J connectivity index is 3.61. The van der Waals surface area contributed by atoms with Crippen molar-refractivity contribution in [1.29, 1.82) is 0 Å². The topological polar surface area (TPSA) is 72.8 Å². The molecule has 338 valence electrons. The van der Waals surface area contributed by atoms with Crippen molar-refractivity contribution in [2.24, 2.45) is 0 Å². The Morgan fingerprint density at radius 1 is 0.400 bits per heavy atom. The third-order valence-corrected chi connectivity index (χ3v) is 9.77. The zero-order valence-electron chi connectivity index (χ0n) is 38.4. The van der Waals surface area contributed by atoms with Gasteiger partial charge in [-0.1, -0.05) is 212 Å². The van der Waals surface area contributed by atoms with E-state index in [0.29, 0.717) is 12.8 Å². The second kappa shape index (κ2) is 49.7. The van der Waals surface area contributed by atoms with Crippen molar-refractivity contribution in [2.45, 2.75) is 200 Å². The molecule has 0 bridgehead atoms. The lowest BCUT2D eigenvalue weighted by Gasteiger charge is -2.15. The maximum Gasteiger partial charge on any atom is 0.306 e. The van der Waals surface area contributed by atoms with Crippen molar-refractivity contribution in [3.8, 4) is 0 Å². The van der Waals surface area contributed by atoms with Gasteiger partial charge in [0.2, 0.25) is 0 Å². The molecule has 1 N–H and O–H groups in total. The van der Waals surface area contributed by atoms with E-state index in [1.54, 1.807) is 0 Å². The highest BCUT2D eigenvalue weighted by Gasteiger charge is 2.16. The van der Waals surface area contributed by atoms with Crippen LogP contribution in [-0.4, -0.2) is 36.4 Å². The molecule has 0 aromatic carbocycles. The fraction of sp³-hybridized carbons (Fsp3) is 0.600. The Labute approximate surface area is 369 Å². The van der Waals surface area contributed by atoms with Crippen LogP contribution in [0.4, 0.5) is 0 Å². The highest BCUT2D eigenvalue weighted by atomic mass is 16.6. The van der Waals surface area contributed by atoms with Crippen molar-refractivity contribution in [1.82, 2.24) is 0 Å². The van der Waals surface area contributed by atoms with E-state index in [0.717, 1.165) is 109 Å². The molecule has 1 atom stereocenters. The van der Waals surface area contributed by atoms with Crippen LogP contribution in [0.5, 0.6) is 0 Å². The highest BCUT2D eigenvalue weighted by molar-refractivity contribution is 5.70. The number of ether oxygens (including phenoxy) is 2.